The monoisotopic (exact) mass is 281 g/mol. The topological polar surface area (TPSA) is 38.3 Å². The van der Waals surface area contributed by atoms with E-state index < -0.39 is 0 Å². The molecule has 1 aliphatic heterocycles. The Morgan fingerprint density at radius 1 is 1.14 bits per heavy atom. The molecule has 1 atom stereocenters. The minimum Gasteiger partial charge on any atom is -0.486 e. The van der Waals surface area contributed by atoms with Gasteiger partial charge in [0, 0.05) is 12.1 Å². The van der Waals surface area contributed by atoms with Gasteiger partial charge in [0.1, 0.15) is 11.9 Å². The third kappa shape index (κ3) is 2.37. The van der Waals surface area contributed by atoms with Gasteiger partial charge in [-0.2, -0.15) is 0 Å². The maximum Gasteiger partial charge on any atom is 0.224 e. The standard InChI is InChI=1S/C18H19NO2/c20-18-10-6-13-11-14(7-8-16(13)19-18)21-17-9-5-12-3-1-2-4-15(12)17/h1,3,7-8,11,17H,2,4-6,9-10H2,(H,19,20)/t17-/m0/s1. The van der Waals surface area contributed by atoms with E-state index in [1.54, 1.807) is 0 Å². The van der Waals surface area contributed by atoms with Crippen molar-refractivity contribution in [3.63, 3.8) is 0 Å². The van der Waals surface area contributed by atoms with Crippen LogP contribution < -0.4 is 10.1 Å². The van der Waals surface area contributed by atoms with Gasteiger partial charge in [-0.05, 0) is 67.0 Å². The summed E-state index contributed by atoms with van der Waals surface area (Å²) >= 11 is 0. The average molecular weight is 281 g/mol. The van der Waals surface area contributed by atoms with Gasteiger partial charge in [-0.25, -0.2) is 0 Å². The minimum atomic E-state index is 0.107. The highest BCUT2D eigenvalue weighted by Crippen LogP contribution is 2.37. The zero-order chi connectivity index (χ0) is 14.2. The van der Waals surface area contributed by atoms with Crippen LogP contribution in [0.25, 0.3) is 0 Å². The number of allylic oxidation sites excluding steroid dienone is 3. The molecule has 1 aromatic rings. The fourth-order valence-electron chi connectivity index (χ4n) is 3.53. The first-order valence-electron chi connectivity index (χ1n) is 7.77. The van der Waals surface area contributed by atoms with E-state index in [0.29, 0.717) is 6.42 Å². The van der Waals surface area contributed by atoms with E-state index in [1.807, 2.05) is 12.1 Å². The number of fused-ring (bicyclic) bond motifs is 1. The molecule has 4 rings (SSSR count). The highest BCUT2D eigenvalue weighted by molar-refractivity contribution is 5.94. The zero-order valence-corrected chi connectivity index (χ0v) is 12.0. The van der Waals surface area contributed by atoms with Gasteiger partial charge in [0.05, 0.1) is 0 Å². The number of benzene rings is 1. The van der Waals surface area contributed by atoms with Crippen molar-refractivity contribution in [2.75, 3.05) is 5.32 Å². The number of anilines is 1. The third-order valence-corrected chi connectivity index (χ3v) is 4.63. The van der Waals surface area contributed by atoms with Crippen molar-refractivity contribution in [1.29, 1.82) is 0 Å². The smallest absolute Gasteiger partial charge is 0.224 e. The van der Waals surface area contributed by atoms with Crippen molar-refractivity contribution < 1.29 is 9.53 Å². The van der Waals surface area contributed by atoms with Gasteiger partial charge < -0.3 is 10.1 Å². The van der Waals surface area contributed by atoms with Crippen molar-refractivity contribution in [3.05, 3.63) is 47.1 Å². The summed E-state index contributed by atoms with van der Waals surface area (Å²) < 4.78 is 6.23. The van der Waals surface area contributed by atoms with Crippen LogP contribution in [0.2, 0.25) is 0 Å². The van der Waals surface area contributed by atoms with Gasteiger partial charge in [0.25, 0.3) is 0 Å². The molecule has 1 aromatic carbocycles. The largest absolute Gasteiger partial charge is 0.486 e. The van der Waals surface area contributed by atoms with Gasteiger partial charge in [0.2, 0.25) is 5.91 Å². The predicted molar refractivity (Wildman–Crippen MR) is 82.4 cm³/mol. The molecule has 0 bridgehead atoms. The summed E-state index contributed by atoms with van der Waals surface area (Å²) in [7, 11) is 0. The number of aryl methyl sites for hydroxylation is 1. The molecule has 3 aliphatic rings. The van der Waals surface area contributed by atoms with Crippen molar-refractivity contribution >= 4 is 11.6 Å². The molecule has 0 radical (unpaired) electrons. The van der Waals surface area contributed by atoms with Crippen molar-refractivity contribution in [3.8, 4) is 5.75 Å². The summed E-state index contributed by atoms with van der Waals surface area (Å²) in [5.74, 6) is 1.04. The van der Waals surface area contributed by atoms with E-state index in [9.17, 15) is 4.79 Å². The zero-order valence-electron chi connectivity index (χ0n) is 12.0. The molecule has 108 valence electrons. The van der Waals surface area contributed by atoms with Crippen LogP contribution >= 0.6 is 0 Å². The van der Waals surface area contributed by atoms with Crippen molar-refractivity contribution in [2.45, 2.75) is 44.6 Å². The van der Waals surface area contributed by atoms with Gasteiger partial charge in [-0.15, -0.1) is 0 Å². The molecule has 0 fully saturated rings. The average Bonchev–Trinajstić information content (AvgIpc) is 2.91. The van der Waals surface area contributed by atoms with Crippen LogP contribution in [0.4, 0.5) is 5.69 Å². The van der Waals surface area contributed by atoms with E-state index in [4.69, 9.17) is 4.74 Å². The number of hydrogen-bond acceptors (Lipinski definition) is 2. The normalized spacial score (nSPS) is 23.6. The fraction of sp³-hybridized carbons (Fsp3) is 0.389. The molecule has 0 unspecified atom stereocenters. The van der Waals surface area contributed by atoms with E-state index in [2.05, 4.69) is 23.5 Å². The predicted octanol–water partition coefficient (Wildman–Crippen LogP) is 3.76. The first-order valence-corrected chi connectivity index (χ1v) is 7.77. The first kappa shape index (κ1) is 12.7. The Kier molecular flexibility index (Phi) is 3.06. The molecule has 1 N–H and O–H groups in total. The van der Waals surface area contributed by atoms with Crippen LogP contribution in [-0.4, -0.2) is 12.0 Å². The number of amides is 1. The summed E-state index contributed by atoms with van der Waals surface area (Å²) in [6, 6.07) is 6.03. The lowest BCUT2D eigenvalue weighted by Crippen LogP contribution is -2.20. The lowest BCUT2D eigenvalue weighted by molar-refractivity contribution is -0.116. The molecule has 1 amide bonds. The third-order valence-electron chi connectivity index (χ3n) is 4.63. The summed E-state index contributed by atoms with van der Waals surface area (Å²) in [5.41, 5.74) is 5.09. The Hall–Kier alpha value is -2.03. The van der Waals surface area contributed by atoms with E-state index in [0.717, 1.165) is 43.5 Å². The number of carbonyl (C=O) groups is 1. The van der Waals surface area contributed by atoms with E-state index >= 15 is 0 Å². The van der Waals surface area contributed by atoms with Gasteiger partial charge in [0.15, 0.2) is 0 Å². The van der Waals surface area contributed by atoms with Crippen LogP contribution in [0.15, 0.2) is 41.5 Å². The Bertz CT molecular complexity index is 657. The van der Waals surface area contributed by atoms with Crippen LogP contribution in [0.5, 0.6) is 5.75 Å². The Labute approximate surface area is 124 Å². The minimum absolute atomic E-state index is 0.107. The highest BCUT2D eigenvalue weighted by Gasteiger charge is 2.27. The lowest BCUT2D eigenvalue weighted by Gasteiger charge is -2.21. The first-order chi connectivity index (χ1) is 10.3. The lowest BCUT2D eigenvalue weighted by atomic mass is 9.99. The summed E-state index contributed by atoms with van der Waals surface area (Å²) in [5, 5.41) is 2.91. The molecule has 1 heterocycles. The summed E-state index contributed by atoms with van der Waals surface area (Å²) in [6.45, 7) is 0. The second-order valence-corrected chi connectivity index (χ2v) is 6.00. The Morgan fingerprint density at radius 3 is 3.05 bits per heavy atom. The van der Waals surface area contributed by atoms with Crippen LogP contribution in [-0.2, 0) is 11.2 Å². The molecule has 0 spiro atoms. The summed E-state index contributed by atoms with van der Waals surface area (Å²) in [6.07, 6.45) is 10.6. The molecular formula is C18H19NO2. The van der Waals surface area contributed by atoms with Crippen LogP contribution in [0.3, 0.4) is 0 Å². The molecule has 21 heavy (non-hydrogen) atoms. The maximum atomic E-state index is 11.4. The van der Waals surface area contributed by atoms with E-state index in [1.165, 1.54) is 16.7 Å². The maximum absolute atomic E-state index is 11.4. The van der Waals surface area contributed by atoms with Gasteiger partial charge in [-0.1, -0.05) is 12.2 Å². The van der Waals surface area contributed by atoms with Gasteiger partial charge >= 0.3 is 0 Å². The van der Waals surface area contributed by atoms with E-state index in [-0.39, 0.29) is 12.0 Å². The second-order valence-electron chi connectivity index (χ2n) is 6.00. The second kappa shape index (κ2) is 5.06. The van der Waals surface area contributed by atoms with Crippen molar-refractivity contribution in [1.82, 2.24) is 0 Å². The SMILES string of the molecule is O=C1CCc2cc(O[C@H]3CCC4=C3CCC=C4)ccc2N1. The Morgan fingerprint density at radius 2 is 2.10 bits per heavy atom. The van der Waals surface area contributed by atoms with Crippen LogP contribution in [0.1, 0.15) is 37.7 Å². The molecular weight excluding hydrogens is 262 g/mol. The molecule has 0 saturated carbocycles. The molecule has 3 heteroatoms. The highest BCUT2D eigenvalue weighted by atomic mass is 16.5. The number of ether oxygens (including phenoxy) is 1. The molecule has 0 aromatic heterocycles. The van der Waals surface area contributed by atoms with Crippen LogP contribution in [0, 0.1) is 0 Å². The number of rotatable bonds is 2. The summed E-state index contributed by atoms with van der Waals surface area (Å²) in [4.78, 5) is 11.4. The molecule has 2 aliphatic carbocycles. The molecule has 3 nitrogen and oxygen atoms in total. The number of nitrogens with one attached hydrogen (secondary N) is 1. The molecule has 0 saturated heterocycles. The number of carbonyl (C=O) groups excluding carboxylic acids is 1. The number of hydrogen-bond donors (Lipinski definition) is 1. The Balaban J connectivity index is 1.54. The quantitative estimate of drug-likeness (QED) is 0.896. The van der Waals surface area contributed by atoms with Gasteiger partial charge in [-0.3, -0.25) is 4.79 Å². The van der Waals surface area contributed by atoms with Crippen molar-refractivity contribution in [2.24, 2.45) is 0 Å². The fourth-order valence-corrected chi connectivity index (χ4v) is 3.53.